The summed E-state index contributed by atoms with van der Waals surface area (Å²) in [5.74, 6) is -1.24. The third kappa shape index (κ3) is 3.07. The molecule has 0 aromatic carbocycles. The van der Waals surface area contributed by atoms with Crippen LogP contribution in [-0.4, -0.2) is 23.5 Å². The standard InChI is InChI=1S/C12H15NO4S/c1-3-16-11(14)9-4-10(9)12(15)17-6-8-5-13-7(2)18-8/h5,9-10H,3-4,6H2,1-2H3/t9-,10-/m1/s1. The third-order valence-corrected chi connectivity index (χ3v) is 3.59. The van der Waals surface area contributed by atoms with E-state index in [0.29, 0.717) is 13.0 Å². The Kier molecular flexibility index (Phi) is 3.96. The molecule has 1 aliphatic rings. The van der Waals surface area contributed by atoms with Crippen molar-refractivity contribution >= 4 is 23.3 Å². The molecule has 98 valence electrons. The fraction of sp³-hybridized carbons (Fsp3) is 0.583. The molecule has 5 nitrogen and oxygen atoms in total. The maximum Gasteiger partial charge on any atom is 0.310 e. The topological polar surface area (TPSA) is 65.5 Å². The summed E-state index contributed by atoms with van der Waals surface area (Å²) in [4.78, 5) is 28.0. The average molecular weight is 269 g/mol. The van der Waals surface area contributed by atoms with Crippen molar-refractivity contribution in [2.75, 3.05) is 6.61 Å². The molecular weight excluding hydrogens is 254 g/mol. The van der Waals surface area contributed by atoms with Gasteiger partial charge in [-0.3, -0.25) is 9.59 Å². The lowest BCUT2D eigenvalue weighted by atomic mass is 10.3. The van der Waals surface area contributed by atoms with Gasteiger partial charge in [0, 0.05) is 6.20 Å². The number of thiazole rings is 1. The number of ether oxygens (including phenoxy) is 2. The molecule has 0 aliphatic heterocycles. The Labute approximate surface area is 109 Å². The van der Waals surface area contributed by atoms with Crippen LogP contribution in [0.15, 0.2) is 6.20 Å². The Morgan fingerprint density at radius 1 is 1.39 bits per heavy atom. The first kappa shape index (κ1) is 13.0. The van der Waals surface area contributed by atoms with Crippen molar-refractivity contribution in [1.82, 2.24) is 4.98 Å². The normalized spacial score (nSPS) is 21.4. The number of esters is 2. The summed E-state index contributed by atoms with van der Waals surface area (Å²) in [6, 6.07) is 0. The van der Waals surface area contributed by atoms with Gasteiger partial charge in [0.25, 0.3) is 0 Å². The van der Waals surface area contributed by atoms with Crippen molar-refractivity contribution in [3.63, 3.8) is 0 Å². The maximum absolute atomic E-state index is 11.7. The van der Waals surface area contributed by atoms with E-state index in [2.05, 4.69) is 4.98 Å². The largest absolute Gasteiger partial charge is 0.466 e. The fourth-order valence-electron chi connectivity index (χ4n) is 1.69. The van der Waals surface area contributed by atoms with E-state index in [-0.39, 0.29) is 30.4 Å². The van der Waals surface area contributed by atoms with Crippen LogP contribution in [0, 0.1) is 18.8 Å². The molecule has 0 saturated heterocycles. The lowest BCUT2D eigenvalue weighted by Gasteiger charge is -2.02. The van der Waals surface area contributed by atoms with Gasteiger partial charge in [0.05, 0.1) is 28.3 Å². The van der Waals surface area contributed by atoms with Gasteiger partial charge in [-0.1, -0.05) is 0 Å². The molecule has 1 fully saturated rings. The minimum Gasteiger partial charge on any atom is -0.466 e. The first-order valence-electron chi connectivity index (χ1n) is 5.86. The minimum atomic E-state index is -0.321. The van der Waals surface area contributed by atoms with Gasteiger partial charge in [0.1, 0.15) is 6.61 Å². The van der Waals surface area contributed by atoms with Crippen LogP contribution in [0.3, 0.4) is 0 Å². The Morgan fingerprint density at radius 3 is 2.61 bits per heavy atom. The van der Waals surface area contributed by atoms with Crippen LogP contribution in [0.5, 0.6) is 0 Å². The molecule has 0 unspecified atom stereocenters. The van der Waals surface area contributed by atoms with E-state index in [1.165, 1.54) is 11.3 Å². The molecule has 1 aromatic rings. The van der Waals surface area contributed by atoms with Crippen molar-refractivity contribution < 1.29 is 19.1 Å². The van der Waals surface area contributed by atoms with Crippen molar-refractivity contribution in [3.8, 4) is 0 Å². The molecule has 18 heavy (non-hydrogen) atoms. The molecule has 2 atom stereocenters. The van der Waals surface area contributed by atoms with E-state index in [1.807, 2.05) is 6.92 Å². The highest BCUT2D eigenvalue weighted by Gasteiger charge is 2.50. The van der Waals surface area contributed by atoms with Crippen LogP contribution in [0.1, 0.15) is 23.2 Å². The molecule has 0 spiro atoms. The van der Waals surface area contributed by atoms with Gasteiger partial charge in [0.15, 0.2) is 0 Å². The fourth-order valence-corrected chi connectivity index (χ4v) is 2.39. The third-order valence-electron chi connectivity index (χ3n) is 2.71. The van der Waals surface area contributed by atoms with Crippen LogP contribution < -0.4 is 0 Å². The number of hydrogen-bond acceptors (Lipinski definition) is 6. The van der Waals surface area contributed by atoms with Crippen molar-refractivity contribution in [2.45, 2.75) is 26.9 Å². The Morgan fingerprint density at radius 2 is 2.06 bits per heavy atom. The summed E-state index contributed by atoms with van der Waals surface area (Å²) >= 11 is 1.50. The highest BCUT2D eigenvalue weighted by atomic mass is 32.1. The first-order valence-corrected chi connectivity index (χ1v) is 6.68. The van der Waals surface area contributed by atoms with Gasteiger partial charge in [-0.05, 0) is 20.3 Å². The quantitative estimate of drug-likeness (QED) is 0.761. The van der Waals surface area contributed by atoms with E-state index >= 15 is 0 Å². The Balaban J connectivity index is 1.75. The van der Waals surface area contributed by atoms with Gasteiger partial charge >= 0.3 is 11.9 Å². The average Bonchev–Trinajstić information content (AvgIpc) is 3.04. The summed E-state index contributed by atoms with van der Waals surface area (Å²) in [5.41, 5.74) is 0. The second-order valence-corrected chi connectivity index (χ2v) is 5.47. The molecule has 0 bridgehead atoms. The molecule has 0 amide bonds. The van der Waals surface area contributed by atoms with Gasteiger partial charge in [0.2, 0.25) is 0 Å². The molecular formula is C12H15NO4S. The summed E-state index contributed by atoms with van der Waals surface area (Å²) in [7, 11) is 0. The van der Waals surface area contributed by atoms with Crippen LogP contribution in [0.25, 0.3) is 0 Å². The second-order valence-electron chi connectivity index (χ2n) is 4.15. The van der Waals surface area contributed by atoms with Crippen LogP contribution >= 0.6 is 11.3 Å². The van der Waals surface area contributed by atoms with Crippen LogP contribution in [0.4, 0.5) is 0 Å². The van der Waals surface area contributed by atoms with E-state index in [0.717, 1.165) is 9.88 Å². The van der Waals surface area contributed by atoms with Crippen LogP contribution in [-0.2, 0) is 25.7 Å². The zero-order valence-electron chi connectivity index (χ0n) is 10.3. The second kappa shape index (κ2) is 5.48. The van der Waals surface area contributed by atoms with E-state index in [9.17, 15) is 9.59 Å². The van der Waals surface area contributed by atoms with E-state index in [1.54, 1.807) is 13.1 Å². The van der Waals surface area contributed by atoms with Gasteiger partial charge < -0.3 is 9.47 Å². The molecule has 1 aromatic heterocycles. The zero-order valence-corrected chi connectivity index (χ0v) is 11.2. The lowest BCUT2D eigenvalue weighted by Crippen LogP contribution is -2.13. The number of aromatic nitrogens is 1. The molecule has 1 saturated carbocycles. The monoisotopic (exact) mass is 269 g/mol. The number of rotatable bonds is 5. The van der Waals surface area contributed by atoms with Gasteiger partial charge in [-0.2, -0.15) is 0 Å². The number of aryl methyl sites for hydroxylation is 1. The molecule has 2 rings (SSSR count). The summed E-state index contributed by atoms with van der Waals surface area (Å²) in [6.45, 7) is 4.22. The van der Waals surface area contributed by atoms with E-state index < -0.39 is 0 Å². The van der Waals surface area contributed by atoms with Crippen molar-refractivity contribution in [3.05, 3.63) is 16.1 Å². The van der Waals surface area contributed by atoms with E-state index in [4.69, 9.17) is 9.47 Å². The Hall–Kier alpha value is -1.43. The summed E-state index contributed by atoms with van der Waals surface area (Å²) < 4.78 is 10.0. The van der Waals surface area contributed by atoms with Crippen molar-refractivity contribution in [2.24, 2.45) is 11.8 Å². The Bertz CT molecular complexity index is 457. The number of carbonyl (C=O) groups excluding carboxylic acids is 2. The lowest BCUT2D eigenvalue weighted by molar-refractivity contribution is -0.151. The highest BCUT2D eigenvalue weighted by molar-refractivity contribution is 7.11. The van der Waals surface area contributed by atoms with Crippen molar-refractivity contribution in [1.29, 1.82) is 0 Å². The maximum atomic E-state index is 11.7. The predicted molar refractivity (Wildman–Crippen MR) is 64.9 cm³/mol. The predicted octanol–water partition coefficient (Wildman–Crippen LogP) is 1.69. The molecule has 0 N–H and O–H groups in total. The first-order chi connectivity index (χ1) is 8.61. The smallest absolute Gasteiger partial charge is 0.310 e. The minimum absolute atomic E-state index is 0.233. The number of hydrogen-bond donors (Lipinski definition) is 0. The molecule has 1 heterocycles. The highest BCUT2D eigenvalue weighted by Crippen LogP contribution is 2.40. The summed E-state index contributed by atoms with van der Waals surface area (Å²) in [5, 5.41) is 0.942. The molecule has 1 aliphatic carbocycles. The van der Waals surface area contributed by atoms with Crippen LogP contribution in [0.2, 0.25) is 0 Å². The molecule has 0 radical (unpaired) electrons. The SMILES string of the molecule is CCOC(=O)[C@@H]1C[C@H]1C(=O)OCc1cnc(C)s1. The number of nitrogens with zero attached hydrogens (tertiary/aromatic N) is 1. The molecule has 6 heteroatoms. The van der Waals surface area contributed by atoms with Gasteiger partial charge in [-0.15, -0.1) is 11.3 Å². The number of carbonyl (C=O) groups is 2. The zero-order chi connectivity index (χ0) is 13.1. The van der Waals surface area contributed by atoms with Gasteiger partial charge in [-0.25, -0.2) is 4.98 Å². The summed E-state index contributed by atoms with van der Waals surface area (Å²) in [6.07, 6.45) is 2.24.